The largest absolute Gasteiger partial charge is 0.322 e. The molecule has 0 aromatic heterocycles. The maximum atomic E-state index is 13.7. The highest BCUT2D eigenvalue weighted by Crippen LogP contribution is 2.35. The van der Waals surface area contributed by atoms with Gasteiger partial charge in [0.1, 0.15) is 0 Å². The maximum Gasteiger partial charge on any atom is 0.258 e. The minimum Gasteiger partial charge on any atom is -0.322 e. The van der Waals surface area contributed by atoms with Crippen molar-refractivity contribution >= 4 is 34.6 Å². The standard InChI is InChI=1S/C34H31N3O2/c1-23(2)35-32-24(3)21-22-37(31-16-10-9-15-30(31)32)34(39)26-17-19-27(20-18-26)36-33(38)29-14-8-7-13-28(29)25-11-5-4-6-12-25/h4-20H,21-22H2,1-3H3,(H,36,38). The number of aliphatic imine (C=N–C) groups is 1. The van der Waals surface area contributed by atoms with Crippen LogP contribution in [0.2, 0.25) is 0 Å². The minimum atomic E-state index is -0.198. The molecule has 0 radical (unpaired) electrons. The first-order valence-electron chi connectivity index (χ1n) is 13.1. The SMILES string of the molecule is CC(C)=NC1=C(C)CCN(C(=O)c2ccc(NC(=O)c3ccccc3-c3ccccc3)cc2)c2ccccc21. The van der Waals surface area contributed by atoms with Gasteiger partial charge >= 0.3 is 0 Å². The molecule has 0 spiro atoms. The first-order chi connectivity index (χ1) is 18.9. The molecule has 0 saturated heterocycles. The van der Waals surface area contributed by atoms with E-state index >= 15 is 0 Å². The number of hydrogen-bond acceptors (Lipinski definition) is 3. The molecule has 0 bridgehead atoms. The van der Waals surface area contributed by atoms with Gasteiger partial charge in [0.2, 0.25) is 0 Å². The molecule has 1 heterocycles. The number of fused-ring (bicyclic) bond motifs is 1. The van der Waals surface area contributed by atoms with Gasteiger partial charge in [-0.15, -0.1) is 0 Å². The molecule has 0 saturated carbocycles. The second-order valence-electron chi connectivity index (χ2n) is 9.85. The van der Waals surface area contributed by atoms with E-state index in [1.165, 1.54) is 0 Å². The molecule has 2 amide bonds. The second kappa shape index (κ2) is 11.3. The summed E-state index contributed by atoms with van der Waals surface area (Å²) in [6.45, 7) is 6.62. The number of anilines is 2. The lowest BCUT2D eigenvalue weighted by atomic mass is 9.99. The molecule has 0 atom stereocenters. The van der Waals surface area contributed by atoms with Gasteiger partial charge in [0.05, 0.1) is 11.4 Å². The molecule has 0 fully saturated rings. The van der Waals surface area contributed by atoms with Crippen LogP contribution in [-0.4, -0.2) is 24.1 Å². The number of nitrogens with zero attached hydrogens (tertiary/aromatic N) is 2. The summed E-state index contributed by atoms with van der Waals surface area (Å²) in [6.07, 6.45) is 0.738. The Balaban J connectivity index is 1.37. The van der Waals surface area contributed by atoms with Crippen molar-refractivity contribution in [1.82, 2.24) is 0 Å². The number of nitrogens with one attached hydrogen (secondary N) is 1. The fourth-order valence-electron chi connectivity index (χ4n) is 4.85. The van der Waals surface area contributed by atoms with Gasteiger partial charge in [-0.3, -0.25) is 14.6 Å². The van der Waals surface area contributed by atoms with Crippen molar-refractivity contribution < 1.29 is 9.59 Å². The van der Waals surface area contributed by atoms with Crippen LogP contribution in [0.15, 0.2) is 114 Å². The van der Waals surface area contributed by atoms with Crippen LogP contribution in [0.4, 0.5) is 11.4 Å². The topological polar surface area (TPSA) is 61.8 Å². The van der Waals surface area contributed by atoms with Gasteiger partial charge in [0.15, 0.2) is 0 Å². The smallest absolute Gasteiger partial charge is 0.258 e. The minimum absolute atomic E-state index is 0.0824. The van der Waals surface area contributed by atoms with Crippen molar-refractivity contribution in [2.75, 3.05) is 16.8 Å². The highest BCUT2D eigenvalue weighted by molar-refractivity contribution is 6.10. The molecule has 1 aliphatic heterocycles. The van der Waals surface area contributed by atoms with E-state index in [0.29, 0.717) is 23.4 Å². The third-order valence-corrected chi connectivity index (χ3v) is 6.79. The molecule has 1 N–H and O–H groups in total. The summed E-state index contributed by atoms with van der Waals surface area (Å²) in [7, 11) is 0. The van der Waals surface area contributed by atoms with Crippen LogP contribution in [0.1, 0.15) is 53.5 Å². The predicted octanol–water partition coefficient (Wildman–Crippen LogP) is 7.87. The zero-order valence-corrected chi connectivity index (χ0v) is 22.4. The molecule has 5 heteroatoms. The molecule has 194 valence electrons. The van der Waals surface area contributed by atoms with E-state index in [9.17, 15) is 9.59 Å². The van der Waals surface area contributed by atoms with Gasteiger partial charge in [-0.2, -0.15) is 0 Å². The van der Waals surface area contributed by atoms with Gasteiger partial charge < -0.3 is 10.2 Å². The van der Waals surface area contributed by atoms with Crippen molar-refractivity contribution in [3.8, 4) is 11.1 Å². The number of carbonyl (C=O) groups is 2. The summed E-state index contributed by atoms with van der Waals surface area (Å²) in [4.78, 5) is 33.5. The normalized spacial score (nSPS) is 12.8. The van der Waals surface area contributed by atoms with E-state index in [1.807, 2.05) is 97.6 Å². The quantitative estimate of drug-likeness (QED) is 0.276. The second-order valence-corrected chi connectivity index (χ2v) is 9.85. The number of hydrogen-bond donors (Lipinski definition) is 1. The molecule has 39 heavy (non-hydrogen) atoms. The van der Waals surface area contributed by atoms with E-state index in [1.54, 1.807) is 24.3 Å². The summed E-state index contributed by atoms with van der Waals surface area (Å²) >= 11 is 0. The van der Waals surface area contributed by atoms with Gasteiger partial charge in [0.25, 0.3) is 11.8 Å². The van der Waals surface area contributed by atoms with Crippen LogP contribution < -0.4 is 10.2 Å². The van der Waals surface area contributed by atoms with Crippen molar-refractivity contribution in [3.63, 3.8) is 0 Å². The summed E-state index contributed by atoms with van der Waals surface area (Å²) in [6, 6.07) is 32.4. The van der Waals surface area contributed by atoms with Crippen LogP contribution in [-0.2, 0) is 0 Å². The van der Waals surface area contributed by atoms with Crippen LogP contribution in [0, 0.1) is 0 Å². The third kappa shape index (κ3) is 5.58. The highest BCUT2D eigenvalue weighted by atomic mass is 16.2. The Kier molecular flexibility index (Phi) is 7.50. The van der Waals surface area contributed by atoms with E-state index in [0.717, 1.165) is 45.8 Å². The average Bonchev–Trinajstić information content (AvgIpc) is 3.09. The fraction of sp³-hybridized carbons (Fsp3) is 0.147. The fourth-order valence-corrected chi connectivity index (χ4v) is 4.85. The van der Waals surface area contributed by atoms with Crippen LogP contribution >= 0.6 is 0 Å². The molecule has 1 aliphatic rings. The van der Waals surface area contributed by atoms with E-state index in [4.69, 9.17) is 4.99 Å². The molecular weight excluding hydrogens is 482 g/mol. The van der Waals surface area contributed by atoms with Crippen molar-refractivity contribution in [2.24, 2.45) is 4.99 Å². The van der Waals surface area contributed by atoms with Gasteiger partial charge in [0, 0.05) is 34.6 Å². The Morgan fingerprint density at radius 1 is 0.769 bits per heavy atom. The zero-order valence-electron chi connectivity index (χ0n) is 22.4. The van der Waals surface area contributed by atoms with E-state index in [2.05, 4.69) is 12.2 Å². The Morgan fingerprint density at radius 3 is 2.13 bits per heavy atom. The molecule has 0 unspecified atom stereocenters. The summed E-state index contributed by atoms with van der Waals surface area (Å²) in [5, 5.41) is 2.98. The average molecular weight is 514 g/mol. The lowest BCUT2D eigenvalue weighted by Gasteiger charge is -2.23. The first-order valence-corrected chi connectivity index (χ1v) is 13.1. The predicted molar refractivity (Wildman–Crippen MR) is 160 cm³/mol. The molecule has 5 rings (SSSR count). The lowest BCUT2D eigenvalue weighted by molar-refractivity contribution is 0.0986. The molecule has 4 aromatic carbocycles. The number of rotatable bonds is 5. The van der Waals surface area contributed by atoms with Crippen molar-refractivity contribution in [3.05, 3.63) is 125 Å². The van der Waals surface area contributed by atoms with Gasteiger partial charge in [-0.1, -0.05) is 66.7 Å². The summed E-state index contributed by atoms with van der Waals surface area (Å²) < 4.78 is 0. The molecule has 4 aromatic rings. The lowest BCUT2D eigenvalue weighted by Crippen LogP contribution is -2.32. The number of para-hydroxylation sites is 1. The Labute approximate surface area is 229 Å². The third-order valence-electron chi connectivity index (χ3n) is 6.79. The summed E-state index contributed by atoms with van der Waals surface area (Å²) in [5.41, 5.74) is 8.52. The van der Waals surface area contributed by atoms with Crippen molar-refractivity contribution in [2.45, 2.75) is 27.2 Å². The molecule has 5 nitrogen and oxygen atoms in total. The Morgan fingerprint density at radius 2 is 1.41 bits per heavy atom. The number of amides is 2. The van der Waals surface area contributed by atoms with E-state index in [-0.39, 0.29) is 11.8 Å². The van der Waals surface area contributed by atoms with Crippen molar-refractivity contribution in [1.29, 1.82) is 0 Å². The van der Waals surface area contributed by atoms with Crippen LogP contribution in [0.3, 0.4) is 0 Å². The summed E-state index contributed by atoms with van der Waals surface area (Å²) in [5.74, 6) is -0.281. The van der Waals surface area contributed by atoms with Crippen LogP contribution in [0.25, 0.3) is 16.8 Å². The molecule has 0 aliphatic carbocycles. The maximum absolute atomic E-state index is 13.7. The number of carbonyl (C=O) groups excluding carboxylic acids is 2. The Hall–Kier alpha value is -4.77. The molecular formula is C34H31N3O2. The Bertz CT molecular complexity index is 1580. The zero-order chi connectivity index (χ0) is 27.4. The monoisotopic (exact) mass is 513 g/mol. The number of benzene rings is 4. The van der Waals surface area contributed by atoms with Gasteiger partial charge in [-0.25, -0.2) is 0 Å². The highest BCUT2D eigenvalue weighted by Gasteiger charge is 2.25. The van der Waals surface area contributed by atoms with Gasteiger partial charge in [-0.05, 0) is 80.3 Å². The first kappa shape index (κ1) is 25.9. The van der Waals surface area contributed by atoms with Crippen LogP contribution in [0.5, 0.6) is 0 Å². The van der Waals surface area contributed by atoms with E-state index < -0.39 is 0 Å².